The van der Waals surface area contributed by atoms with Gasteiger partial charge in [0.25, 0.3) is 0 Å². The van der Waals surface area contributed by atoms with Gasteiger partial charge in [0.15, 0.2) is 0 Å². The summed E-state index contributed by atoms with van der Waals surface area (Å²) in [7, 11) is 0. The Morgan fingerprint density at radius 2 is 1.77 bits per heavy atom. The maximum atomic E-state index is 12.2. The van der Waals surface area contributed by atoms with Crippen molar-refractivity contribution < 1.29 is 9.59 Å². The second-order valence-electron chi connectivity index (χ2n) is 5.89. The van der Waals surface area contributed by atoms with Crippen LogP contribution in [0.1, 0.15) is 24.5 Å². The number of nitriles is 1. The summed E-state index contributed by atoms with van der Waals surface area (Å²) in [6, 6.07) is 17.8. The van der Waals surface area contributed by atoms with Crippen LogP contribution in [0, 0.1) is 11.3 Å². The summed E-state index contributed by atoms with van der Waals surface area (Å²) in [6.07, 6.45) is 0.889. The van der Waals surface area contributed by atoms with E-state index in [1.165, 1.54) is 0 Å². The van der Waals surface area contributed by atoms with E-state index >= 15 is 0 Å². The third-order valence-corrected chi connectivity index (χ3v) is 3.68. The molecule has 0 bridgehead atoms. The summed E-state index contributed by atoms with van der Waals surface area (Å²) in [5.74, 6) is -0.361. The van der Waals surface area contributed by atoms with Crippen LogP contribution in [0.5, 0.6) is 0 Å². The summed E-state index contributed by atoms with van der Waals surface area (Å²) >= 11 is 0. The fourth-order valence-corrected chi connectivity index (χ4v) is 2.53. The fourth-order valence-electron chi connectivity index (χ4n) is 2.53. The van der Waals surface area contributed by atoms with Crippen LogP contribution in [0.25, 0.3) is 0 Å². The SMILES string of the molecule is CCCN(CC(=O)NC(=O)Nc1ccccc1)Cc1ccc(C#N)cc1. The largest absolute Gasteiger partial charge is 0.325 e. The standard InChI is InChI=1S/C20H22N4O2/c1-2-12-24(14-17-10-8-16(13-21)9-11-17)15-19(25)23-20(26)22-18-6-4-3-5-7-18/h3-11H,2,12,14-15H2,1H3,(H2,22,23,25,26). The first kappa shape index (κ1) is 19.2. The second-order valence-corrected chi connectivity index (χ2v) is 5.89. The van der Waals surface area contributed by atoms with E-state index in [1.54, 1.807) is 36.4 Å². The Morgan fingerprint density at radius 3 is 2.38 bits per heavy atom. The zero-order valence-electron chi connectivity index (χ0n) is 14.7. The minimum atomic E-state index is -0.545. The molecule has 0 saturated heterocycles. The number of para-hydroxylation sites is 1. The van der Waals surface area contributed by atoms with Gasteiger partial charge in [0.1, 0.15) is 0 Å². The first-order valence-corrected chi connectivity index (χ1v) is 8.48. The maximum absolute atomic E-state index is 12.2. The van der Waals surface area contributed by atoms with E-state index in [0.717, 1.165) is 18.5 Å². The molecular weight excluding hydrogens is 328 g/mol. The highest BCUT2D eigenvalue weighted by molar-refractivity contribution is 6.01. The molecule has 0 aliphatic rings. The number of nitrogens with one attached hydrogen (secondary N) is 2. The number of nitrogens with zero attached hydrogens (tertiary/aromatic N) is 2. The third-order valence-electron chi connectivity index (χ3n) is 3.68. The molecule has 6 nitrogen and oxygen atoms in total. The molecule has 0 aliphatic carbocycles. The van der Waals surface area contributed by atoms with Gasteiger partial charge in [0.2, 0.25) is 5.91 Å². The number of amides is 3. The van der Waals surface area contributed by atoms with E-state index in [-0.39, 0.29) is 12.5 Å². The first-order chi connectivity index (χ1) is 12.6. The summed E-state index contributed by atoms with van der Waals surface area (Å²) in [6.45, 7) is 3.46. The van der Waals surface area contributed by atoms with Gasteiger partial charge in [-0.25, -0.2) is 4.79 Å². The van der Waals surface area contributed by atoms with Crippen molar-refractivity contribution in [2.45, 2.75) is 19.9 Å². The highest BCUT2D eigenvalue weighted by Gasteiger charge is 2.13. The van der Waals surface area contributed by atoms with Crippen molar-refractivity contribution in [2.24, 2.45) is 0 Å². The predicted octanol–water partition coefficient (Wildman–Crippen LogP) is 3.12. The van der Waals surface area contributed by atoms with E-state index in [9.17, 15) is 9.59 Å². The predicted molar refractivity (Wildman–Crippen MR) is 100 cm³/mol. The number of hydrogen-bond donors (Lipinski definition) is 2. The Morgan fingerprint density at radius 1 is 1.08 bits per heavy atom. The van der Waals surface area contributed by atoms with E-state index in [2.05, 4.69) is 16.7 Å². The molecule has 26 heavy (non-hydrogen) atoms. The zero-order chi connectivity index (χ0) is 18.8. The van der Waals surface area contributed by atoms with E-state index in [4.69, 9.17) is 5.26 Å². The van der Waals surface area contributed by atoms with Crippen molar-refractivity contribution in [2.75, 3.05) is 18.4 Å². The highest BCUT2D eigenvalue weighted by Crippen LogP contribution is 2.08. The number of anilines is 1. The van der Waals surface area contributed by atoms with E-state index in [1.807, 2.05) is 30.0 Å². The molecule has 134 valence electrons. The number of carbonyl (C=O) groups excluding carboxylic acids is 2. The van der Waals surface area contributed by atoms with Crippen molar-refractivity contribution in [3.8, 4) is 6.07 Å². The molecule has 2 aromatic carbocycles. The molecule has 0 radical (unpaired) electrons. The van der Waals surface area contributed by atoms with Crippen molar-refractivity contribution in [3.05, 3.63) is 65.7 Å². The average Bonchev–Trinajstić information content (AvgIpc) is 2.63. The van der Waals surface area contributed by atoms with Crippen LogP contribution in [0.3, 0.4) is 0 Å². The van der Waals surface area contributed by atoms with Gasteiger partial charge in [-0.2, -0.15) is 5.26 Å². The zero-order valence-corrected chi connectivity index (χ0v) is 14.7. The molecule has 2 rings (SSSR count). The molecule has 2 aromatic rings. The number of urea groups is 1. The summed E-state index contributed by atoms with van der Waals surface area (Å²) in [5.41, 5.74) is 2.24. The minimum Gasteiger partial charge on any atom is -0.308 e. The quantitative estimate of drug-likeness (QED) is 0.803. The van der Waals surface area contributed by atoms with Gasteiger partial charge in [-0.1, -0.05) is 37.3 Å². The fraction of sp³-hybridized carbons (Fsp3) is 0.250. The molecule has 0 heterocycles. The van der Waals surface area contributed by atoms with Crippen molar-refractivity contribution in [1.82, 2.24) is 10.2 Å². The minimum absolute atomic E-state index is 0.121. The molecular formula is C20H22N4O2. The lowest BCUT2D eigenvalue weighted by Gasteiger charge is -2.21. The molecule has 6 heteroatoms. The van der Waals surface area contributed by atoms with E-state index < -0.39 is 6.03 Å². The van der Waals surface area contributed by atoms with Crippen LogP contribution >= 0.6 is 0 Å². The third kappa shape index (κ3) is 6.38. The number of benzene rings is 2. The van der Waals surface area contributed by atoms with Crippen LogP contribution in [0.2, 0.25) is 0 Å². The lowest BCUT2D eigenvalue weighted by atomic mass is 10.1. The monoisotopic (exact) mass is 350 g/mol. The molecule has 0 fully saturated rings. The topological polar surface area (TPSA) is 85.2 Å². The number of rotatable bonds is 7. The Hall–Kier alpha value is -3.17. The van der Waals surface area contributed by atoms with Crippen LogP contribution < -0.4 is 10.6 Å². The van der Waals surface area contributed by atoms with Gasteiger partial charge in [0.05, 0.1) is 18.2 Å². The van der Waals surface area contributed by atoms with Gasteiger partial charge in [-0.3, -0.25) is 15.0 Å². The van der Waals surface area contributed by atoms with Crippen molar-refractivity contribution in [3.63, 3.8) is 0 Å². The van der Waals surface area contributed by atoms with Gasteiger partial charge < -0.3 is 5.32 Å². The Balaban J connectivity index is 1.88. The Labute approximate surface area is 153 Å². The Kier molecular flexibility index (Phi) is 7.34. The molecule has 0 spiro atoms. The first-order valence-electron chi connectivity index (χ1n) is 8.48. The van der Waals surface area contributed by atoms with Crippen LogP contribution in [0.4, 0.5) is 10.5 Å². The highest BCUT2D eigenvalue weighted by atomic mass is 16.2. The van der Waals surface area contributed by atoms with Crippen LogP contribution in [-0.4, -0.2) is 29.9 Å². The van der Waals surface area contributed by atoms with Gasteiger partial charge in [0, 0.05) is 12.2 Å². The molecule has 0 aromatic heterocycles. The Bertz CT molecular complexity index is 767. The normalized spacial score (nSPS) is 10.2. The van der Waals surface area contributed by atoms with Gasteiger partial charge in [-0.15, -0.1) is 0 Å². The average molecular weight is 350 g/mol. The number of carbonyl (C=O) groups is 2. The second kappa shape index (κ2) is 9.97. The summed E-state index contributed by atoms with van der Waals surface area (Å²) in [5, 5.41) is 13.8. The molecule has 0 aliphatic heterocycles. The lowest BCUT2D eigenvalue weighted by Crippen LogP contribution is -2.41. The van der Waals surface area contributed by atoms with E-state index in [0.29, 0.717) is 17.8 Å². The maximum Gasteiger partial charge on any atom is 0.325 e. The van der Waals surface area contributed by atoms with Crippen LogP contribution in [0.15, 0.2) is 54.6 Å². The summed E-state index contributed by atoms with van der Waals surface area (Å²) in [4.78, 5) is 26.0. The molecule has 3 amide bonds. The molecule has 2 N–H and O–H groups in total. The molecule has 0 saturated carbocycles. The van der Waals surface area contributed by atoms with Crippen molar-refractivity contribution in [1.29, 1.82) is 5.26 Å². The van der Waals surface area contributed by atoms with Crippen molar-refractivity contribution >= 4 is 17.6 Å². The lowest BCUT2D eigenvalue weighted by molar-refractivity contribution is -0.121. The number of imide groups is 1. The van der Waals surface area contributed by atoms with Gasteiger partial charge >= 0.3 is 6.03 Å². The summed E-state index contributed by atoms with van der Waals surface area (Å²) < 4.78 is 0. The van der Waals surface area contributed by atoms with Gasteiger partial charge in [-0.05, 0) is 42.8 Å². The number of hydrogen-bond acceptors (Lipinski definition) is 4. The molecule has 0 unspecified atom stereocenters. The van der Waals surface area contributed by atoms with Crippen LogP contribution in [-0.2, 0) is 11.3 Å². The smallest absolute Gasteiger partial charge is 0.308 e. The molecule has 0 atom stereocenters.